The van der Waals surface area contributed by atoms with Gasteiger partial charge in [0.25, 0.3) is 0 Å². The first-order valence-corrected chi connectivity index (χ1v) is 7.62. The van der Waals surface area contributed by atoms with Crippen LogP contribution in [-0.2, 0) is 4.74 Å². The minimum atomic E-state index is -0.157. The molecule has 1 aromatic rings. The zero-order valence-electron chi connectivity index (χ0n) is 12.1. The standard InChI is InChI=1S/C14H23N5O2/c15-12-7-16-14(18-9-1-3-11(20)4-2-9)19-13(12)17-10-5-6-21-8-10/h7,9-11,20H,1-6,8,15H2,(H2,16,17,18,19). The minimum absolute atomic E-state index is 0.157. The second kappa shape index (κ2) is 6.44. The van der Waals surface area contributed by atoms with E-state index >= 15 is 0 Å². The van der Waals surface area contributed by atoms with Crippen LogP contribution in [-0.4, -0.2) is 46.5 Å². The maximum Gasteiger partial charge on any atom is 0.224 e. The fraction of sp³-hybridized carbons (Fsp3) is 0.714. The van der Waals surface area contributed by atoms with Crippen molar-refractivity contribution in [1.29, 1.82) is 0 Å². The average Bonchev–Trinajstić information content (AvgIpc) is 2.98. The van der Waals surface area contributed by atoms with Gasteiger partial charge in [0, 0.05) is 12.6 Å². The fourth-order valence-electron chi connectivity index (χ4n) is 2.82. The molecule has 1 unspecified atom stereocenters. The highest BCUT2D eigenvalue weighted by Gasteiger charge is 2.21. The third kappa shape index (κ3) is 3.74. The molecule has 2 aliphatic rings. The van der Waals surface area contributed by atoms with Gasteiger partial charge in [-0.3, -0.25) is 0 Å². The lowest BCUT2D eigenvalue weighted by atomic mass is 9.93. The first-order chi connectivity index (χ1) is 10.2. The van der Waals surface area contributed by atoms with E-state index in [0.29, 0.717) is 30.1 Å². The SMILES string of the molecule is Nc1cnc(NC2CCC(O)CC2)nc1NC1CCOC1. The number of hydrogen-bond donors (Lipinski definition) is 4. The van der Waals surface area contributed by atoms with Crippen LogP contribution in [0.15, 0.2) is 6.20 Å². The quantitative estimate of drug-likeness (QED) is 0.655. The van der Waals surface area contributed by atoms with Crippen molar-refractivity contribution in [1.82, 2.24) is 9.97 Å². The highest BCUT2D eigenvalue weighted by atomic mass is 16.5. The van der Waals surface area contributed by atoms with Crippen molar-refractivity contribution in [2.24, 2.45) is 0 Å². The molecule has 3 rings (SSSR count). The number of nitrogens with one attached hydrogen (secondary N) is 2. The van der Waals surface area contributed by atoms with E-state index in [2.05, 4.69) is 20.6 Å². The Bertz CT molecular complexity index is 470. The molecule has 1 saturated heterocycles. The monoisotopic (exact) mass is 293 g/mol. The molecule has 5 N–H and O–H groups in total. The molecule has 7 heteroatoms. The van der Waals surface area contributed by atoms with Crippen molar-refractivity contribution < 1.29 is 9.84 Å². The summed E-state index contributed by atoms with van der Waals surface area (Å²) in [6, 6.07) is 0.583. The third-order valence-electron chi connectivity index (χ3n) is 4.12. The second-order valence-electron chi connectivity index (χ2n) is 5.85. The molecule has 1 aliphatic carbocycles. The summed E-state index contributed by atoms with van der Waals surface area (Å²) in [6.07, 6.45) is 5.98. The smallest absolute Gasteiger partial charge is 0.224 e. The van der Waals surface area contributed by atoms with Crippen LogP contribution >= 0.6 is 0 Å². The first kappa shape index (κ1) is 14.3. The maximum atomic E-state index is 9.54. The molecule has 0 bridgehead atoms. The van der Waals surface area contributed by atoms with Crippen molar-refractivity contribution in [3.63, 3.8) is 0 Å². The highest BCUT2D eigenvalue weighted by Crippen LogP contribution is 2.23. The van der Waals surface area contributed by atoms with Gasteiger partial charge in [-0.1, -0.05) is 0 Å². The lowest BCUT2D eigenvalue weighted by molar-refractivity contribution is 0.126. The van der Waals surface area contributed by atoms with Crippen LogP contribution in [0.5, 0.6) is 0 Å². The van der Waals surface area contributed by atoms with Crippen molar-refractivity contribution in [3.05, 3.63) is 6.20 Å². The topological polar surface area (TPSA) is 105 Å². The number of nitrogen functional groups attached to an aromatic ring is 1. The molecule has 0 aromatic carbocycles. The van der Waals surface area contributed by atoms with Gasteiger partial charge in [0.15, 0.2) is 5.82 Å². The molecule has 21 heavy (non-hydrogen) atoms. The van der Waals surface area contributed by atoms with Gasteiger partial charge in [-0.25, -0.2) is 4.98 Å². The molecular formula is C14H23N5O2. The van der Waals surface area contributed by atoms with Gasteiger partial charge in [-0.05, 0) is 32.1 Å². The summed E-state index contributed by atoms with van der Waals surface area (Å²) >= 11 is 0. The predicted molar refractivity (Wildman–Crippen MR) is 81.2 cm³/mol. The Hall–Kier alpha value is -1.60. The number of anilines is 3. The summed E-state index contributed by atoms with van der Waals surface area (Å²) in [7, 11) is 0. The molecule has 1 aliphatic heterocycles. The second-order valence-corrected chi connectivity index (χ2v) is 5.85. The maximum absolute atomic E-state index is 9.54. The van der Waals surface area contributed by atoms with Crippen molar-refractivity contribution >= 4 is 17.5 Å². The van der Waals surface area contributed by atoms with E-state index in [9.17, 15) is 5.11 Å². The number of aliphatic hydroxyl groups excluding tert-OH is 1. The lowest BCUT2D eigenvalue weighted by Gasteiger charge is -2.26. The van der Waals surface area contributed by atoms with E-state index in [0.717, 1.165) is 38.7 Å². The predicted octanol–water partition coefficient (Wildman–Crippen LogP) is 0.975. The van der Waals surface area contributed by atoms with Crippen LogP contribution < -0.4 is 16.4 Å². The Labute approximate surface area is 124 Å². The third-order valence-corrected chi connectivity index (χ3v) is 4.12. The van der Waals surface area contributed by atoms with Gasteiger partial charge in [0.1, 0.15) is 0 Å². The zero-order valence-corrected chi connectivity index (χ0v) is 12.1. The Morgan fingerprint density at radius 1 is 1.14 bits per heavy atom. The molecule has 0 spiro atoms. The molecule has 2 fully saturated rings. The van der Waals surface area contributed by atoms with E-state index in [4.69, 9.17) is 10.5 Å². The normalized spacial score (nSPS) is 29.3. The Balaban J connectivity index is 1.62. The van der Waals surface area contributed by atoms with Crippen LogP contribution in [0.4, 0.5) is 17.5 Å². The molecule has 2 heterocycles. The molecular weight excluding hydrogens is 270 g/mol. The molecule has 1 aromatic heterocycles. The number of aromatic nitrogens is 2. The van der Waals surface area contributed by atoms with Gasteiger partial charge in [-0.15, -0.1) is 0 Å². The molecule has 1 atom stereocenters. The van der Waals surface area contributed by atoms with E-state index in [-0.39, 0.29) is 12.1 Å². The molecule has 116 valence electrons. The summed E-state index contributed by atoms with van der Waals surface area (Å²) in [5.74, 6) is 1.26. The van der Waals surface area contributed by atoms with Crippen LogP contribution in [0.2, 0.25) is 0 Å². The number of aliphatic hydroxyl groups is 1. The molecule has 0 amide bonds. The van der Waals surface area contributed by atoms with Crippen molar-refractivity contribution in [2.75, 3.05) is 29.6 Å². The van der Waals surface area contributed by atoms with Gasteiger partial charge in [0.2, 0.25) is 5.95 Å². The van der Waals surface area contributed by atoms with Crippen LogP contribution in [0, 0.1) is 0 Å². The van der Waals surface area contributed by atoms with E-state index in [1.165, 1.54) is 0 Å². The van der Waals surface area contributed by atoms with Crippen LogP contribution in [0.1, 0.15) is 32.1 Å². The number of ether oxygens (including phenoxy) is 1. The Morgan fingerprint density at radius 3 is 2.67 bits per heavy atom. The summed E-state index contributed by atoms with van der Waals surface area (Å²) in [5.41, 5.74) is 6.48. The number of nitrogens with two attached hydrogens (primary N) is 1. The zero-order chi connectivity index (χ0) is 14.7. The van der Waals surface area contributed by atoms with E-state index in [1.807, 2.05) is 0 Å². The number of hydrogen-bond acceptors (Lipinski definition) is 7. The van der Waals surface area contributed by atoms with E-state index < -0.39 is 0 Å². The minimum Gasteiger partial charge on any atom is -0.394 e. The lowest BCUT2D eigenvalue weighted by Crippen LogP contribution is -2.29. The largest absolute Gasteiger partial charge is 0.394 e. The van der Waals surface area contributed by atoms with Crippen molar-refractivity contribution in [3.8, 4) is 0 Å². The molecule has 0 radical (unpaired) electrons. The molecule has 7 nitrogen and oxygen atoms in total. The van der Waals surface area contributed by atoms with Crippen LogP contribution in [0.3, 0.4) is 0 Å². The average molecular weight is 293 g/mol. The van der Waals surface area contributed by atoms with Crippen molar-refractivity contribution in [2.45, 2.75) is 50.3 Å². The fourth-order valence-corrected chi connectivity index (χ4v) is 2.82. The summed E-state index contributed by atoms with van der Waals surface area (Å²) in [6.45, 7) is 1.46. The number of rotatable bonds is 4. The Morgan fingerprint density at radius 2 is 1.95 bits per heavy atom. The summed E-state index contributed by atoms with van der Waals surface area (Å²) in [5, 5.41) is 16.2. The van der Waals surface area contributed by atoms with Gasteiger partial charge in [0.05, 0.1) is 30.6 Å². The number of nitrogens with zero attached hydrogens (tertiary/aromatic N) is 2. The highest BCUT2D eigenvalue weighted by molar-refractivity contribution is 5.62. The Kier molecular flexibility index (Phi) is 4.40. The molecule has 1 saturated carbocycles. The summed E-state index contributed by atoms with van der Waals surface area (Å²) < 4.78 is 5.34. The van der Waals surface area contributed by atoms with Gasteiger partial charge in [-0.2, -0.15) is 4.98 Å². The van der Waals surface area contributed by atoms with Crippen LogP contribution in [0.25, 0.3) is 0 Å². The van der Waals surface area contributed by atoms with E-state index in [1.54, 1.807) is 6.20 Å². The van der Waals surface area contributed by atoms with Gasteiger partial charge >= 0.3 is 0 Å². The van der Waals surface area contributed by atoms with Gasteiger partial charge < -0.3 is 26.2 Å². The summed E-state index contributed by atoms with van der Waals surface area (Å²) in [4.78, 5) is 8.72. The first-order valence-electron chi connectivity index (χ1n) is 7.62.